The van der Waals surface area contributed by atoms with Crippen LogP contribution in [0.25, 0.3) is 0 Å². The summed E-state index contributed by atoms with van der Waals surface area (Å²) in [6, 6.07) is 9.50. The number of carboxylic acid groups (broad SMARTS) is 3. The van der Waals surface area contributed by atoms with E-state index in [0.717, 1.165) is 0 Å². The highest BCUT2D eigenvalue weighted by Crippen LogP contribution is 2.29. The molecule has 246 valence electrons. The maximum atomic E-state index is 13.1. The third-order valence-corrected chi connectivity index (χ3v) is 6.29. The van der Waals surface area contributed by atoms with Crippen LogP contribution in [0.1, 0.15) is 36.1 Å². The molecule has 1 aliphatic rings. The number of nitrogen functional groups attached to an aromatic ring is 1. The molecule has 1 fully saturated rings. The van der Waals surface area contributed by atoms with Gasteiger partial charge in [0, 0.05) is 5.56 Å². The second-order valence-electron chi connectivity index (χ2n) is 9.65. The van der Waals surface area contributed by atoms with E-state index >= 15 is 0 Å². The Morgan fingerprint density at radius 1 is 0.978 bits per heavy atom. The zero-order valence-electron chi connectivity index (χ0n) is 23.6. The van der Waals surface area contributed by atoms with Crippen molar-refractivity contribution < 1.29 is 62.1 Å². The molecule has 3 atom stereocenters. The number of nitrogens with two attached hydrogens (primary N) is 1. The number of nitrogens with zero attached hydrogens (tertiary/aromatic N) is 1. The van der Waals surface area contributed by atoms with E-state index in [1.54, 1.807) is 18.2 Å². The smallest absolute Gasteiger partial charge is 0.481 e. The van der Waals surface area contributed by atoms with E-state index < -0.39 is 78.4 Å². The summed E-state index contributed by atoms with van der Waals surface area (Å²) in [5, 5.41) is 40.2. The van der Waals surface area contributed by atoms with Crippen molar-refractivity contribution in [3.05, 3.63) is 71.3 Å². The average molecular weight is 653 g/mol. The van der Waals surface area contributed by atoms with Gasteiger partial charge in [-0.25, -0.2) is 14.4 Å². The summed E-state index contributed by atoms with van der Waals surface area (Å²) in [5.74, 6) is -8.72. The Hall–Kier alpha value is -6.01. The maximum Gasteiger partial charge on any atom is 0.490 e. The molecular weight excluding hydrogens is 625 g/mol. The van der Waals surface area contributed by atoms with Gasteiger partial charge in [-0.05, 0) is 18.1 Å². The molecule has 0 radical (unpaired) electrons. The van der Waals surface area contributed by atoms with E-state index in [4.69, 9.17) is 21.0 Å². The molecule has 1 saturated heterocycles. The van der Waals surface area contributed by atoms with E-state index in [-0.39, 0.29) is 11.4 Å². The largest absolute Gasteiger partial charge is 0.490 e. The lowest BCUT2D eigenvalue weighted by Gasteiger charge is -2.23. The van der Waals surface area contributed by atoms with Gasteiger partial charge < -0.3 is 37.0 Å². The van der Waals surface area contributed by atoms with Crippen LogP contribution in [0.15, 0.2) is 54.6 Å². The summed E-state index contributed by atoms with van der Waals surface area (Å²) in [6.07, 6.45) is -5.97. The Labute approximate surface area is 256 Å². The highest BCUT2D eigenvalue weighted by atomic mass is 19.4. The standard InChI is InChI=1S/C25H26N6O8.C2HF3O2/c1-25(15-9-7-14(8-10-15)20(26)27)23(38)31(24(39)30-25)12-17(32)28-16(11-18(33)34)21(35)29-19(22(36)37)13-5-3-2-4-6-13;3-2(4,5)1(6)7/h2-10,16,19H,11-12H2,1H3,(H3,26,27)(H,28,32)(H,29,35)(H,30,39)(H,33,34)(H,36,37);(H,6,7)/t16-,19-,25?;/m0./s1. The molecule has 0 bridgehead atoms. The number of benzene rings is 2. The summed E-state index contributed by atoms with van der Waals surface area (Å²) in [7, 11) is 0. The van der Waals surface area contributed by atoms with Crippen LogP contribution in [0.3, 0.4) is 0 Å². The number of urea groups is 1. The minimum absolute atomic E-state index is 0.190. The highest BCUT2D eigenvalue weighted by molar-refractivity contribution is 6.09. The number of carbonyl (C=O) groups is 7. The van der Waals surface area contributed by atoms with Crippen molar-refractivity contribution in [2.75, 3.05) is 6.54 Å². The Bertz CT molecular complexity index is 1530. The van der Waals surface area contributed by atoms with Crippen molar-refractivity contribution in [1.82, 2.24) is 20.9 Å². The van der Waals surface area contributed by atoms with E-state index in [0.29, 0.717) is 16.0 Å². The van der Waals surface area contributed by atoms with Crippen LogP contribution in [-0.2, 0) is 34.3 Å². The first-order valence-corrected chi connectivity index (χ1v) is 12.8. The Morgan fingerprint density at radius 2 is 1.52 bits per heavy atom. The molecule has 0 spiro atoms. The first-order valence-electron chi connectivity index (χ1n) is 12.8. The van der Waals surface area contributed by atoms with Crippen LogP contribution in [0.4, 0.5) is 18.0 Å². The highest BCUT2D eigenvalue weighted by Gasteiger charge is 2.49. The molecule has 0 saturated carbocycles. The number of rotatable bonds is 11. The first-order chi connectivity index (χ1) is 21.3. The lowest BCUT2D eigenvalue weighted by atomic mass is 9.91. The molecule has 46 heavy (non-hydrogen) atoms. The summed E-state index contributed by atoms with van der Waals surface area (Å²) in [6.45, 7) is 0.584. The van der Waals surface area contributed by atoms with Crippen molar-refractivity contribution >= 4 is 47.5 Å². The lowest BCUT2D eigenvalue weighted by Crippen LogP contribution is -2.52. The molecule has 1 aliphatic heterocycles. The van der Waals surface area contributed by atoms with Crippen LogP contribution < -0.4 is 21.7 Å². The Morgan fingerprint density at radius 3 is 1.98 bits per heavy atom. The van der Waals surface area contributed by atoms with Crippen molar-refractivity contribution in [2.45, 2.75) is 37.1 Å². The second-order valence-corrected chi connectivity index (χ2v) is 9.65. The number of imide groups is 1. The van der Waals surface area contributed by atoms with Crippen LogP contribution in [0, 0.1) is 5.41 Å². The Balaban J connectivity index is 0.000000942. The molecule has 2 aromatic rings. The van der Waals surface area contributed by atoms with Gasteiger partial charge in [0.2, 0.25) is 11.8 Å². The SMILES string of the molecule is CC1(c2ccc(C(=N)N)cc2)NC(=O)N(CC(=O)N[C@@H](CC(=O)O)C(=O)N[C@H](C(=O)O)c2ccccc2)C1=O.O=C(O)C(F)(F)F. The van der Waals surface area contributed by atoms with Gasteiger partial charge in [0.15, 0.2) is 6.04 Å². The van der Waals surface area contributed by atoms with Gasteiger partial charge in [0.1, 0.15) is 24.0 Å². The molecule has 1 unspecified atom stereocenters. The number of nitrogens with one attached hydrogen (secondary N) is 4. The molecule has 0 aliphatic carbocycles. The third kappa shape index (κ3) is 9.24. The molecule has 3 rings (SSSR count). The van der Waals surface area contributed by atoms with Crippen LogP contribution in [-0.4, -0.2) is 86.5 Å². The summed E-state index contributed by atoms with van der Waals surface area (Å²) >= 11 is 0. The number of halogens is 3. The monoisotopic (exact) mass is 652 g/mol. The molecule has 5 amide bonds. The Kier molecular flexibility index (Phi) is 11.5. The topological polar surface area (TPSA) is 269 Å². The fourth-order valence-electron chi connectivity index (χ4n) is 3.96. The van der Waals surface area contributed by atoms with Gasteiger partial charge in [0.25, 0.3) is 5.91 Å². The number of alkyl halides is 3. The van der Waals surface area contributed by atoms with E-state index in [2.05, 4.69) is 16.0 Å². The molecule has 1 heterocycles. The van der Waals surface area contributed by atoms with Gasteiger partial charge in [-0.15, -0.1) is 0 Å². The number of hydrogen-bond acceptors (Lipinski definition) is 8. The van der Waals surface area contributed by atoms with Gasteiger partial charge >= 0.3 is 30.1 Å². The fourth-order valence-corrected chi connectivity index (χ4v) is 3.96. The van der Waals surface area contributed by atoms with E-state index in [1.807, 2.05) is 0 Å². The summed E-state index contributed by atoms with van der Waals surface area (Å²) in [4.78, 5) is 83.8. The number of carboxylic acids is 3. The van der Waals surface area contributed by atoms with Crippen LogP contribution in [0.5, 0.6) is 0 Å². The van der Waals surface area contributed by atoms with Gasteiger partial charge in [0.05, 0.1) is 6.42 Å². The van der Waals surface area contributed by atoms with Crippen LogP contribution >= 0.6 is 0 Å². The number of amidine groups is 1. The zero-order valence-corrected chi connectivity index (χ0v) is 23.6. The van der Waals surface area contributed by atoms with Crippen molar-refractivity contribution in [1.29, 1.82) is 5.41 Å². The number of aliphatic carboxylic acids is 3. The molecule has 9 N–H and O–H groups in total. The number of carbonyl (C=O) groups excluding carboxylic acids is 4. The van der Waals surface area contributed by atoms with E-state index in [1.165, 1.54) is 43.3 Å². The molecule has 0 aromatic heterocycles. The summed E-state index contributed by atoms with van der Waals surface area (Å²) in [5.41, 5.74) is 4.87. The molecule has 2 aromatic carbocycles. The number of hydrogen-bond donors (Lipinski definition) is 8. The minimum atomic E-state index is -5.08. The quantitative estimate of drug-likeness (QED) is 0.0927. The fraction of sp³-hybridized carbons (Fsp3) is 0.259. The third-order valence-electron chi connectivity index (χ3n) is 6.29. The summed E-state index contributed by atoms with van der Waals surface area (Å²) < 4.78 is 31.7. The predicted octanol–water partition coefficient (Wildman–Crippen LogP) is 0.273. The molecule has 19 heteroatoms. The molecular formula is C27H27F3N6O10. The maximum absolute atomic E-state index is 13.1. The minimum Gasteiger partial charge on any atom is -0.481 e. The van der Waals surface area contributed by atoms with Crippen LogP contribution in [0.2, 0.25) is 0 Å². The van der Waals surface area contributed by atoms with Crippen molar-refractivity contribution in [2.24, 2.45) is 5.73 Å². The van der Waals surface area contributed by atoms with Gasteiger partial charge in [-0.2, -0.15) is 13.2 Å². The second kappa shape index (κ2) is 14.6. The van der Waals surface area contributed by atoms with Crippen molar-refractivity contribution in [3.8, 4) is 0 Å². The van der Waals surface area contributed by atoms with Gasteiger partial charge in [-0.1, -0.05) is 54.6 Å². The average Bonchev–Trinajstić information content (AvgIpc) is 3.18. The normalized spacial score (nSPS) is 17.0. The predicted molar refractivity (Wildman–Crippen MR) is 148 cm³/mol. The molecule has 16 nitrogen and oxygen atoms in total. The zero-order chi connectivity index (χ0) is 35.0. The lowest BCUT2D eigenvalue weighted by molar-refractivity contribution is -0.192. The van der Waals surface area contributed by atoms with Crippen molar-refractivity contribution in [3.63, 3.8) is 0 Å². The van der Waals surface area contributed by atoms with E-state index in [9.17, 15) is 52.2 Å². The van der Waals surface area contributed by atoms with Gasteiger partial charge in [-0.3, -0.25) is 29.5 Å². The first kappa shape index (κ1) is 36.2. The number of amides is 5.